The molecule has 10 nitrogen and oxygen atoms in total. The van der Waals surface area contributed by atoms with Crippen molar-refractivity contribution in [2.24, 2.45) is 28.1 Å². The summed E-state index contributed by atoms with van der Waals surface area (Å²) < 4.78 is 21.8. The van der Waals surface area contributed by atoms with Gasteiger partial charge in [0, 0.05) is 19.3 Å². The van der Waals surface area contributed by atoms with Gasteiger partial charge in [-0.2, -0.15) is 0 Å². The molecule has 2 fully saturated rings. The minimum atomic E-state index is -2.42. The Kier molecular flexibility index (Phi) is 8.89. The van der Waals surface area contributed by atoms with Crippen molar-refractivity contribution in [3.05, 3.63) is 48.6 Å². The molecule has 0 unspecified atom stereocenters. The van der Waals surface area contributed by atoms with Crippen molar-refractivity contribution in [1.29, 1.82) is 0 Å². The van der Waals surface area contributed by atoms with Crippen LogP contribution in [-0.2, 0) is 38.1 Å². The molecule has 0 saturated heterocycles. The summed E-state index contributed by atoms with van der Waals surface area (Å²) in [6, 6.07) is 8.20. The second-order valence-electron chi connectivity index (χ2n) is 12.1. The Morgan fingerprint density at radius 3 is 2.20 bits per heavy atom. The van der Waals surface area contributed by atoms with Gasteiger partial charge in [-0.05, 0) is 50.7 Å². The second kappa shape index (κ2) is 11.4. The predicted molar refractivity (Wildman–Crippen MR) is 146 cm³/mol. The van der Waals surface area contributed by atoms with Gasteiger partial charge in [0.25, 0.3) is 0 Å². The number of Topliss-reactive ketones (excluding diaryl/α,β-unsaturated/α-hetero) is 1. The zero-order chi connectivity index (χ0) is 31.0. The highest BCUT2D eigenvalue weighted by molar-refractivity contribution is 5.97. The number of aliphatic hydroxyl groups is 1. The van der Waals surface area contributed by atoms with Crippen LogP contribution in [0, 0.1) is 28.1 Å². The van der Waals surface area contributed by atoms with Crippen molar-refractivity contribution in [3.8, 4) is 0 Å². The molecule has 3 rings (SSSR count). The molecule has 0 aliphatic heterocycles. The Balaban J connectivity index is 2.35. The number of fused-ring (bicyclic) bond motifs is 1. The largest absolute Gasteiger partial charge is 0.469 e. The average Bonchev–Trinajstić information content (AvgIpc) is 2.92. The van der Waals surface area contributed by atoms with E-state index >= 15 is 0 Å². The fourth-order valence-corrected chi connectivity index (χ4v) is 7.21. The third kappa shape index (κ3) is 5.41. The Morgan fingerprint density at radius 2 is 1.68 bits per heavy atom. The number of hydrogen-bond donors (Lipinski definition) is 1. The Hall–Kier alpha value is -3.53. The topological polar surface area (TPSA) is 143 Å². The summed E-state index contributed by atoms with van der Waals surface area (Å²) in [6.45, 7) is 11.4. The van der Waals surface area contributed by atoms with Gasteiger partial charge in [0.1, 0.15) is 12.2 Å². The molecular weight excluding hydrogens is 532 g/mol. The fourth-order valence-electron chi connectivity index (χ4n) is 7.21. The summed E-state index contributed by atoms with van der Waals surface area (Å²) in [7, 11) is 2.44. The summed E-state index contributed by atoms with van der Waals surface area (Å²) in [5, 5.41) is 12.6. The maximum absolute atomic E-state index is 14.3. The number of allylic oxidation sites excluding steroid dienone is 1. The van der Waals surface area contributed by atoms with Gasteiger partial charge in [-0.1, -0.05) is 31.2 Å². The molecule has 2 aliphatic carbocycles. The molecule has 0 aromatic heterocycles. The molecule has 0 amide bonds. The molecule has 1 aromatic rings. The van der Waals surface area contributed by atoms with E-state index in [-0.39, 0.29) is 24.8 Å². The van der Waals surface area contributed by atoms with Gasteiger partial charge in [-0.25, -0.2) is 4.79 Å². The normalized spacial score (nSPS) is 33.1. The van der Waals surface area contributed by atoms with Gasteiger partial charge in [-0.15, -0.1) is 6.58 Å². The zero-order valence-electron chi connectivity index (χ0n) is 24.7. The number of methoxy groups -OCH3 is 2. The van der Waals surface area contributed by atoms with E-state index < -0.39 is 75.6 Å². The first-order chi connectivity index (χ1) is 19.0. The highest BCUT2D eigenvalue weighted by atomic mass is 16.6. The molecule has 0 heterocycles. The van der Waals surface area contributed by atoms with E-state index in [0.717, 1.165) is 6.92 Å². The number of hydrogen-bond acceptors (Lipinski definition) is 10. The van der Waals surface area contributed by atoms with Gasteiger partial charge < -0.3 is 24.1 Å². The number of esters is 4. The maximum Gasteiger partial charge on any atom is 0.338 e. The molecule has 0 spiro atoms. The Morgan fingerprint density at radius 1 is 1.07 bits per heavy atom. The zero-order valence-corrected chi connectivity index (χ0v) is 24.7. The van der Waals surface area contributed by atoms with Gasteiger partial charge in [0.15, 0.2) is 11.4 Å². The molecule has 7 atom stereocenters. The summed E-state index contributed by atoms with van der Waals surface area (Å²) in [4.78, 5) is 66.0. The van der Waals surface area contributed by atoms with E-state index in [2.05, 4.69) is 6.58 Å². The highest BCUT2D eigenvalue weighted by Gasteiger charge is 2.74. The third-order valence-electron chi connectivity index (χ3n) is 9.16. The molecular formula is C31H40O10. The van der Waals surface area contributed by atoms with Crippen LogP contribution in [-0.4, -0.2) is 66.8 Å². The first-order valence-electron chi connectivity index (χ1n) is 13.5. The molecule has 2 aliphatic rings. The van der Waals surface area contributed by atoms with Gasteiger partial charge >= 0.3 is 23.9 Å². The summed E-state index contributed by atoms with van der Waals surface area (Å²) in [5.74, 6) is -5.54. The van der Waals surface area contributed by atoms with Crippen LogP contribution in [0.25, 0.3) is 0 Å². The molecule has 41 heavy (non-hydrogen) atoms. The van der Waals surface area contributed by atoms with Gasteiger partial charge in [0.2, 0.25) is 0 Å². The van der Waals surface area contributed by atoms with E-state index in [1.165, 1.54) is 20.3 Å². The van der Waals surface area contributed by atoms with Gasteiger partial charge in [-0.3, -0.25) is 19.2 Å². The molecule has 0 radical (unpaired) electrons. The van der Waals surface area contributed by atoms with Crippen LogP contribution < -0.4 is 0 Å². The minimum absolute atomic E-state index is 0.0736. The number of carbonyl (C=O) groups excluding carboxylic acids is 5. The van der Waals surface area contributed by atoms with Crippen molar-refractivity contribution in [2.75, 3.05) is 14.2 Å². The quantitative estimate of drug-likeness (QED) is 0.280. The smallest absolute Gasteiger partial charge is 0.338 e. The number of ether oxygens (including phenoxy) is 4. The fraction of sp³-hybridized carbons (Fsp3) is 0.581. The van der Waals surface area contributed by atoms with Crippen LogP contribution in [0.1, 0.15) is 64.2 Å². The van der Waals surface area contributed by atoms with Crippen molar-refractivity contribution in [3.63, 3.8) is 0 Å². The van der Waals surface area contributed by atoms with Crippen molar-refractivity contribution in [2.45, 2.75) is 71.7 Å². The molecule has 2 saturated carbocycles. The second-order valence-corrected chi connectivity index (χ2v) is 12.1. The van der Waals surface area contributed by atoms with Gasteiger partial charge in [0.05, 0.1) is 37.0 Å². The summed E-state index contributed by atoms with van der Waals surface area (Å²) in [5.41, 5.74) is -6.26. The van der Waals surface area contributed by atoms with Crippen LogP contribution in [0.15, 0.2) is 43.0 Å². The highest BCUT2D eigenvalue weighted by Crippen LogP contribution is 2.64. The molecule has 10 heteroatoms. The Labute approximate surface area is 240 Å². The number of rotatable bonds is 8. The first-order valence-corrected chi connectivity index (χ1v) is 13.5. The molecule has 1 aromatic carbocycles. The lowest BCUT2D eigenvalue weighted by atomic mass is 9.42. The lowest BCUT2D eigenvalue weighted by Crippen LogP contribution is -2.75. The summed E-state index contributed by atoms with van der Waals surface area (Å²) >= 11 is 0. The van der Waals surface area contributed by atoms with Crippen LogP contribution in [0.5, 0.6) is 0 Å². The van der Waals surface area contributed by atoms with E-state index in [1.807, 2.05) is 0 Å². The Bertz CT molecular complexity index is 1220. The monoisotopic (exact) mass is 572 g/mol. The summed E-state index contributed by atoms with van der Waals surface area (Å²) in [6.07, 6.45) is -1.81. The number of ketones is 1. The van der Waals surface area contributed by atoms with Crippen LogP contribution in [0.2, 0.25) is 0 Å². The minimum Gasteiger partial charge on any atom is -0.469 e. The van der Waals surface area contributed by atoms with Crippen LogP contribution >= 0.6 is 0 Å². The lowest BCUT2D eigenvalue weighted by molar-refractivity contribution is -0.257. The number of benzene rings is 1. The van der Waals surface area contributed by atoms with Crippen LogP contribution in [0.3, 0.4) is 0 Å². The van der Waals surface area contributed by atoms with E-state index in [9.17, 15) is 29.1 Å². The van der Waals surface area contributed by atoms with E-state index in [1.54, 1.807) is 58.0 Å². The first kappa shape index (κ1) is 32.0. The lowest BCUT2D eigenvalue weighted by Gasteiger charge is -2.63. The maximum atomic E-state index is 14.3. The van der Waals surface area contributed by atoms with Crippen molar-refractivity contribution >= 4 is 29.7 Å². The van der Waals surface area contributed by atoms with E-state index in [0.29, 0.717) is 0 Å². The predicted octanol–water partition coefficient (Wildman–Crippen LogP) is 3.44. The van der Waals surface area contributed by atoms with E-state index in [4.69, 9.17) is 18.9 Å². The SMILES string of the molecule is C=C[C@@]1(C)C[C@@H](OC(=O)c2ccccc2)[C@@H]2[C@@](C)(CC(=O)OC)[C@H](C(C)(C)C(=O)OC)C[C@@H](OC(C)=O)[C@@]2(O)C1=O. The third-order valence-corrected chi connectivity index (χ3v) is 9.16. The van der Waals surface area contributed by atoms with Crippen LogP contribution in [0.4, 0.5) is 0 Å². The standard InChI is InChI=1S/C31H40O10/c1-9-29(5)16-20(41-25(34)19-13-11-10-12-14-19)24-30(6,17-23(33)38-7)21(28(3,4)27(36)39-8)15-22(40-18(2)32)31(24,37)26(29)35/h9-14,20-22,24,37H,1,15-17H2,2-8H3/t20-,21+,22-,24-,29+,30+,31+/m1/s1. The molecule has 1 N–H and O–H groups in total. The molecule has 0 bridgehead atoms. The van der Waals surface area contributed by atoms with Crippen molar-refractivity contribution in [1.82, 2.24) is 0 Å². The number of carbonyl (C=O) groups is 5. The molecule has 224 valence electrons. The average molecular weight is 573 g/mol. The van der Waals surface area contributed by atoms with Crippen molar-refractivity contribution < 1.29 is 48.0 Å².